The Labute approximate surface area is 156 Å². The summed E-state index contributed by atoms with van der Waals surface area (Å²) in [5.41, 5.74) is 0.510. The van der Waals surface area contributed by atoms with Gasteiger partial charge in [0.15, 0.2) is 11.5 Å². The molecule has 0 saturated heterocycles. The molecule has 1 aromatic carbocycles. The Morgan fingerprint density at radius 2 is 1.81 bits per heavy atom. The number of hydrogen-bond acceptors (Lipinski definition) is 5. The topological polar surface area (TPSA) is 105 Å². The van der Waals surface area contributed by atoms with Crippen molar-refractivity contribution in [3.8, 4) is 17.2 Å². The average Bonchev–Trinajstić information content (AvgIpc) is 3.08. The van der Waals surface area contributed by atoms with Crippen LogP contribution >= 0.6 is 15.9 Å². The molecule has 0 aliphatic carbocycles. The van der Waals surface area contributed by atoms with Crippen LogP contribution in [0, 0.1) is 0 Å². The van der Waals surface area contributed by atoms with Crippen molar-refractivity contribution in [3.05, 3.63) is 44.9 Å². The first kappa shape index (κ1) is 17.9. The second-order valence-electron chi connectivity index (χ2n) is 5.30. The molecule has 0 aliphatic rings. The zero-order valence-electron chi connectivity index (χ0n) is 14.2. The van der Waals surface area contributed by atoms with E-state index < -0.39 is 11.5 Å². The molecule has 0 bridgehead atoms. The quantitative estimate of drug-likeness (QED) is 0.587. The molecule has 3 aromatic rings. The minimum atomic E-state index is -0.479. The monoisotopic (exact) mass is 421 g/mol. The van der Waals surface area contributed by atoms with Crippen LogP contribution in [0.15, 0.2) is 33.7 Å². The summed E-state index contributed by atoms with van der Waals surface area (Å²) in [6.45, 7) is 0. The summed E-state index contributed by atoms with van der Waals surface area (Å²) >= 11 is 3.25. The van der Waals surface area contributed by atoms with E-state index in [0.717, 1.165) is 0 Å². The molecule has 0 saturated carbocycles. The zero-order chi connectivity index (χ0) is 18.8. The van der Waals surface area contributed by atoms with Gasteiger partial charge < -0.3 is 29.5 Å². The van der Waals surface area contributed by atoms with Crippen LogP contribution in [0.25, 0.3) is 10.9 Å². The van der Waals surface area contributed by atoms with E-state index in [-0.39, 0.29) is 11.4 Å². The maximum atomic E-state index is 12.6. The summed E-state index contributed by atoms with van der Waals surface area (Å²) in [5.74, 6) is 0.956. The molecular formula is C17H16BrN3O5. The summed E-state index contributed by atoms with van der Waals surface area (Å²) in [6, 6.07) is 4.82. The summed E-state index contributed by atoms with van der Waals surface area (Å²) in [7, 11) is 4.54. The van der Waals surface area contributed by atoms with Gasteiger partial charge in [-0.2, -0.15) is 0 Å². The van der Waals surface area contributed by atoms with Crippen LogP contribution in [0.2, 0.25) is 0 Å². The minimum absolute atomic E-state index is 0.125. The lowest BCUT2D eigenvalue weighted by molar-refractivity contribution is 0.102. The molecule has 0 spiro atoms. The van der Waals surface area contributed by atoms with Crippen LogP contribution in [0.1, 0.15) is 10.5 Å². The molecule has 3 N–H and O–H groups in total. The fraction of sp³-hybridized carbons (Fsp3) is 0.176. The van der Waals surface area contributed by atoms with E-state index in [2.05, 4.69) is 31.2 Å². The molecule has 0 unspecified atom stereocenters. The summed E-state index contributed by atoms with van der Waals surface area (Å²) in [5, 5.41) is 3.23. The van der Waals surface area contributed by atoms with Gasteiger partial charge in [-0.15, -0.1) is 0 Å². The van der Waals surface area contributed by atoms with Crippen molar-refractivity contribution in [1.82, 2.24) is 9.97 Å². The van der Waals surface area contributed by atoms with Crippen LogP contribution in [0.4, 0.5) is 5.69 Å². The Morgan fingerprint density at radius 1 is 1.08 bits per heavy atom. The fourth-order valence-corrected chi connectivity index (χ4v) is 2.94. The molecule has 1 amide bonds. The number of nitrogens with one attached hydrogen (secondary N) is 3. The van der Waals surface area contributed by atoms with Gasteiger partial charge >= 0.3 is 0 Å². The van der Waals surface area contributed by atoms with Gasteiger partial charge in [-0.25, -0.2) is 0 Å². The van der Waals surface area contributed by atoms with Crippen molar-refractivity contribution in [1.29, 1.82) is 0 Å². The number of fused-ring (bicyclic) bond motifs is 1. The van der Waals surface area contributed by atoms with Gasteiger partial charge in [0.05, 0.1) is 26.8 Å². The van der Waals surface area contributed by atoms with Gasteiger partial charge in [0.25, 0.3) is 11.5 Å². The van der Waals surface area contributed by atoms with E-state index in [4.69, 9.17) is 14.2 Å². The molecule has 0 atom stereocenters. The lowest BCUT2D eigenvalue weighted by Crippen LogP contribution is -2.19. The lowest BCUT2D eigenvalue weighted by atomic mass is 10.2. The maximum Gasteiger partial charge on any atom is 0.272 e. The van der Waals surface area contributed by atoms with Gasteiger partial charge in [0.1, 0.15) is 17.1 Å². The average molecular weight is 422 g/mol. The van der Waals surface area contributed by atoms with Crippen LogP contribution in [-0.4, -0.2) is 37.2 Å². The number of amides is 1. The van der Waals surface area contributed by atoms with Crippen molar-refractivity contribution in [2.45, 2.75) is 0 Å². The molecule has 8 nitrogen and oxygen atoms in total. The number of methoxy groups -OCH3 is 3. The number of ether oxygens (including phenoxy) is 3. The van der Waals surface area contributed by atoms with Gasteiger partial charge in [0.2, 0.25) is 0 Å². The Morgan fingerprint density at radius 3 is 2.46 bits per heavy atom. The van der Waals surface area contributed by atoms with Crippen LogP contribution in [-0.2, 0) is 0 Å². The Hall–Kier alpha value is -2.94. The number of H-pyrrole nitrogens is 2. The molecule has 3 rings (SSSR count). The molecule has 0 radical (unpaired) electrons. The van der Waals surface area contributed by atoms with E-state index in [1.54, 1.807) is 12.1 Å². The Bertz CT molecular complexity index is 1040. The smallest absolute Gasteiger partial charge is 0.272 e. The number of pyridine rings is 1. The van der Waals surface area contributed by atoms with Gasteiger partial charge in [-0.1, -0.05) is 0 Å². The van der Waals surface area contributed by atoms with E-state index in [1.165, 1.54) is 33.6 Å². The van der Waals surface area contributed by atoms with E-state index >= 15 is 0 Å². The number of halogens is 1. The number of carbonyl (C=O) groups excluding carboxylic acids is 1. The summed E-state index contributed by atoms with van der Waals surface area (Å²) in [6.07, 6.45) is 1.49. The Kier molecular flexibility index (Phi) is 4.90. The van der Waals surface area contributed by atoms with E-state index in [0.29, 0.717) is 32.6 Å². The third-order valence-electron chi connectivity index (χ3n) is 3.80. The zero-order valence-corrected chi connectivity index (χ0v) is 15.8. The number of anilines is 1. The van der Waals surface area contributed by atoms with Crippen LogP contribution in [0.3, 0.4) is 0 Å². The highest BCUT2D eigenvalue weighted by atomic mass is 79.9. The number of carbonyl (C=O) groups is 1. The first-order chi connectivity index (χ1) is 12.5. The van der Waals surface area contributed by atoms with Crippen LogP contribution < -0.4 is 25.1 Å². The van der Waals surface area contributed by atoms with E-state index in [9.17, 15) is 9.59 Å². The van der Waals surface area contributed by atoms with Crippen molar-refractivity contribution in [3.63, 3.8) is 0 Å². The number of hydrogen-bond donors (Lipinski definition) is 3. The van der Waals surface area contributed by atoms with Crippen molar-refractivity contribution in [2.24, 2.45) is 0 Å². The molecule has 9 heteroatoms. The van der Waals surface area contributed by atoms with Gasteiger partial charge in [-0.3, -0.25) is 9.59 Å². The number of benzene rings is 1. The van der Waals surface area contributed by atoms with Gasteiger partial charge in [0, 0.05) is 22.1 Å². The highest BCUT2D eigenvalue weighted by molar-refractivity contribution is 9.10. The molecule has 0 fully saturated rings. The summed E-state index contributed by atoms with van der Waals surface area (Å²) in [4.78, 5) is 29.9. The SMILES string of the molecule is COc1cc(OC)c2cc(C(=O)Nc3cc(Br)c[nH]c3=O)[nH]c2c1OC. The van der Waals surface area contributed by atoms with Crippen LogP contribution in [0.5, 0.6) is 17.2 Å². The molecule has 0 aliphatic heterocycles. The van der Waals surface area contributed by atoms with Crippen molar-refractivity contribution in [2.75, 3.05) is 26.6 Å². The Balaban J connectivity index is 2.07. The molecule has 136 valence electrons. The highest BCUT2D eigenvalue weighted by Gasteiger charge is 2.20. The molecule has 2 heterocycles. The predicted molar refractivity (Wildman–Crippen MR) is 101 cm³/mol. The minimum Gasteiger partial charge on any atom is -0.496 e. The third-order valence-corrected chi connectivity index (χ3v) is 4.26. The first-order valence-electron chi connectivity index (χ1n) is 7.49. The highest BCUT2D eigenvalue weighted by Crippen LogP contribution is 2.41. The van der Waals surface area contributed by atoms with Crippen molar-refractivity contribution < 1.29 is 19.0 Å². The number of aromatic amines is 2. The molecular weight excluding hydrogens is 406 g/mol. The van der Waals surface area contributed by atoms with Gasteiger partial charge in [-0.05, 0) is 28.1 Å². The number of aromatic nitrogens is 2. The summed E-state index contributed by atoms with van der Waals surface area (Å²) < 4.78 is 16.7. The molecule has 2 aromatic heterocycles. The fourth-order valence-electron chi connectivity index (χ4n) is 2.60. The normalized spacial score (nSPS) is 10.6. The van der Waals surface area contributed by atoms with Crippen molar-refractivity contribution >= 4 is 38.4 Å². The largest absolute Gasteiger partial charge is 0.496 e. The second-order valence-corrected chi connectivity index (χ2v) is 6.22. The lowest BCUT2D eigenvalue weighted by Gasteiger charge is -2.11. The molecule has 26 heavy (non-hydrogen) atoms. The third kappa shape index (κ3) is 3.13. The number of rotatable bonds is 5. The van der Waals surface area contributed by atoms with E-state index in [1.807, 2.05) is 0 Å². The first-order valence-corrected chi connectivity index (χ1v) is 8.29. The predicted octanol–water partition coefficient (Wildman–Crippen LogP) is 2.90. The maximum absolute atomic E-state index is 12.6. The second kappa shape index (κ2) is 7.12. The standard InChI is InChI=1S/C17H16BrN3O5/c1-24-12-6-13(25-2)15(26-3)14-9(12)5-11(20-14)17(23)21-10-4-8(18)7-19-16(10)22/h4-7,20H,1-3H3,(H,19,22)(H,21,23).